The summed E-state index contributed by atoms with van der Waals surface area (Å²) in [5.41, 5.74) is 2.29. The largest absolute Gasteiger partial charge is 0.352 e. The number of carbonyl (C=O) groups excluding carboxylic acids is 1. The summed E-state index contributed by atoms with van der Waals surface area (Å²) in [4.78, 5) is 20.6. The normalized spacial score (nSPS) is 10.9. The summed E-state index contributed by atoms with van der Waals surface area (Å²) >= 11 is 0. The minimum atomic E-state index is -0.115. The number of amides is 1. The number of hydrogen-bond acceptors (Lipinski definition) is 5. The molecule has 0 spiro atoms. The van der Waals surface area contributed by atoms with E-state index in [1.54, 1.807) is 12.1 Å². The van der Waals surface area contributed by atoms with Gasteiger partial charge in [-0.25, -0.2) is 0 Å². The summed E-state index contributed by atoms with van der Waals surface area (Å²) in [5.74, 6) is 1.33. The van der Waals surface area contributed by atoms with E-state index in [0.717, 1.165) is 11.4 Å². The maximum absolute atomic E-state index is 12.0. The third-order valence-electron chi connectivity index (χ3n) is 2.96. The van der Waals surface area contributed by atoms with Crippen molar-refractivity contribution < 1.29 is 9.32 Å². The minimum Gasteiger partial charge on any atom is -0.352 e. The lowest BCUT2D eigenvalue weighted by atomic mass is 10.2. The van der Waals surface area contributed by atoms with Gasteiger partial charge in [-0.05, 0) is 26.0 Å². The highest BCUT2D eigenvalue weighted by molar-refractivity contribution is 5.94. The van der Waals surface area contributed by atoms with Gasteiger partial charge in [0.1, 0.15) is 0 Å². The molecule has 0 aliphatic heterocycles. The molecule has 6 nitrogen and oxygen atoms in total. The van der Waals surface area contributed by atoms with Crippen molar-refractivity contribution in [2.45, 2.75) is 40.0 Å². The Morgan fingerprint density at radius 3 is 2.48 bits per heavy atom. The summed E-state index contributed by atoms with van der Waals surface area (Å²) in [7, 11) is 0. The summed E-state index contributed by atoms with van der Waals surface area (Å²) in [6, 6.07) is 3.54. The smallest absolute Gasteiger partial charge is 0.251 e. The summed E-state index contributed by atoms with van der Waals surface area (Å²) in [6.07, 6.45) is 0.547. The van der Waals surface area contributed by atoms with Crippen LogP contribution in [0, 0.1) is 13.8 Å². The molecule has 0 aliphatic carbocycles. The van der Waals surface area contributed by atoms with Crippen LogP contribution in [-0.4, -0.2) is 27.6 Å². The molecule has 0 radical (unpaired) electrons. The molecule has 0 unspecified atom stereocenters. The van der Waals surface area contributed by atoms with Crippen molar-refractivity contribution in [1.82, 2.24) is 20.4 Å². The molecule has 0 aliphatic rings. The van der Waals surface area contributed by atoms with Gasteiger partial charge in [0.05, 0.1) is 0 Å². The Hall–Kier alpha value is -2.24. The Kier molecular flexibility index (Phi) is 4.67. The SMILES string of the molecule is Cc1cc(C(=O)NCCc2noc(C(C)C)n2)cc(C)n1. The molecule has 2 rings (SSSR count). The Morgan fingerprint density at radius 2 is 1.90 bits per heavy atom. The number of nitrogens with one attached hydrogen (secondary N) is 1. The van der Waals surface area contributed by atoms with Crippen molar-refractivity contribution >= 4 is 5.91 Å². The maximum Gasteiger partial charge on any atom is 0.251 e. The fourth-order valence-corrected chi connectivity index (χ4v) is 1.96. The topological polar surface area (TPSA) is 80.9 Å². The van der Waals surface area contributed by atoms with Crippen LogP contribution in [0.2, 0.25) is 0 Å². The third-order valence-corrected chi connectivity index (χ3v) is 2.96. The zero-order valence-electron chi connectivity index (χ0n) is 12.8. The lowest BCUT2D eigenvalue weighted by molar-refractivity contribution is 0.0953. The summed E-state index contributed by atoms with van der Waals surface area (Å²) in [5, 5.41) is 6.74. The van der Waals surface area contributed by atoms with Crippen LogP contribution >= 0.6 is 0 Å². The van der Waals surface area contributed by atoms with Crippen LogP contribution in [0.3, 0.4) is 0 Å². The fraction of sp³-hybridized carbons (Fsp3) is 0.467. The second-order valence-electron chi connectivity index (χ2n) is 5.35. The van der Waals surface area contributed by atoms with Crippen LogP contribution in [0.15, 0.2) is 16.7 Å². The van der Waals surface area contributed by atoms with Gasteiger partial charge < -0.3 is 9.84 Å². The molecule has 6 heteroatoms. The Balaban J connectivity index is 1.89. The Labute approximate surface area is 124 Å². The Morgan fingerprint density at radius 1 is 1.24 bits per heavy atom. The van der Waals surface area contributed by atoms with Gasteiger partial charge >= 0.3 is 0 Å². The van der Waals surface area contributed by atoms with Gasteiger partial charge in [-0.2, -0.15) is 4.98 Å². The number of aryl methyl sites for hydroxylation is 2. The van der Waals surface area contributed by atoms with E-state index in [9.17, 15) is 4.79 Å². The first-order chi connectivity index (χ1) is 9.95. The molecular formula is C15H20N4O2. The Bertz CT molecular complexity index is 614. The van der Waals surface area contributed by atoms with Crippen LogP contribution in [0.5, 0.6) is 0 Å². The molecule has 21 heavy (non-hydrogen) atoms. The first-order valence-electron chi connectivity index (χ1n) is 7.01. The molecule has 2 aromatic heterocycles. The van der Waals surface area contributed by atoms with Crippen molar-refractivity contribution in [2.24, 2.45) is 0 Å². The monoisotopic (exact) mass is 288 g/mol. The van der Waals surface area contributed by atoms with E-state index >= 15 is 0 Å². The van der Waals surface area contributed by atoms with Crippen molar-refractivity contribution in [3.63, 3.8) is 0 Å². The van der Waals surface area contributed by atoms with Gasteiger partial charge in [0.2, 0.25) is 5.89 Å². The van der Waals surface area contributed by atoms with Crippen LogP contribution in [0.4, 0.5) is 0 Å². The quantitative estimate of drug-likeness (QED) is 0.912. The van der Waals surface area contributed by atoms with E-state index in [0.29, 0.717) is 30.2 Å². The molecule has 1 N–H and O–H groups in total. The van der Waals surface area contributed by atoms with Crippen molar-refractivity contribution in [3.8, 4) is 0 Å². The van der Waals surface area contributed by atoms with E-state index in [4.69, 9.17) is 4.52 Å². The summed E-state index contributed by atoms with van der Waals surface area (Å²) < 4.78 is 5.12. The number of nitrogens with zero attached hydrogens (tertiary/aromatic N) is 3. The number of hydrogen-bond donors (Lipinski definition) is 1. The van der Waals surface area contributed by atoms with Gasteiger partial charge in [-0.1, -0.05) is 19.0 Å². The second-order valence-corrected chi connectivity index (χ2v) is 5.35. The average Bonchev–Trinajstić information content (AvgIpc) is 2.86. The summed E-state index contributed by atoms with van der Waals surface area (Å²) in [6.45, 7) is 8.20. The van der Waals surface area contributed by atoms with Crippen LogP contribution in [0.1, 0.15) is 53.2 Å². The van der Waals surface area contributed by atoms with Crippen LogP contribution < -0.4 is 5.32 Å². The predicted octanol–water partition coefficient (Wildman–Crippen LogP) is 2.18. The number of pyridine rings is 1. The molecular weight excluding hydrogens is 268 g/mol. The third kappa shape index (κ3) is 4.11. The van der Waals surface area contributed by atoms with Crippen molar-refractivity contribution in [1.29, 1.82) is 0 Å². The fourth-order valence-electron chi connectivity index (χ4n) is 1.96. The number of rotatable bonds is 5. The zero-order valence-corrected chi connectivity index (χ0v) is 12.8. The molecule has 0 fully saturated rings. The van der Waals surface area contributed by atoms with Gasteiger partial charge in [0.15, 0.2) is 5.82 Å². The molecule has 2 aromatic rings. The molecule has 1 amide bonds. The number of carbonyl (C=O) groups is 1. The van der Waals surface area contributed by atoms with Crippen LogP contribution in [-0.2, 0) is 6.42 Å². The molecule has 2 heterocycles. The highest BCUT2D eigenvalue weighted by Crippen LogP contribution is 2.10. The maximum atomic E-state index is 12.0. The van der Waals surface area contributed by atoms with E-state index in [1.165, 1.54) is 0 Å². The number of aromatic nitrogens is 3. The highest BCUT2D eigenvalue weighted by Gasteiger charge is 2.11. The van der Waals surface area contributed by atoms with E-state index < -0.39 is 0 Å². The molecule has 0 saturated heterocycles. The molecule has 0 bridgehead atoms. The van der Waals surface area contributed by atoms with Gasteiger partial charge in [0.25, 0.3) is 5.91 Å². The van der Waals surface area contributed by atoms with Crippen LogP contribution in [0.25, 0.3) is 0 Å². The average molecular weight is 288 g/mol. The predicted molar refractivity (Wildman–Crippen MR) is 78.1 cm³/mol. The van der Waals surface area contributed by atoms with Crippen molar-refractivity contribution in [2.75, 3.05) is 6.54 Å². The van der Waals surface area contributed by atoms with E-state index in [1.807, 2.05) is 27.7 Å². The lowest BCUT2D eigenvalue weighted by Gasteiger charge is -2.05. The lowest BCUT2D eigenvalue weighted by Crippen LogP contribution is -2.26. The molecule has 0 saturated carbocycles. The first-order valence-corrected chi connectivity index (χ1v) is 7.01. The van der Waals surface area contributed by atoms with Gasteiger partial charge in [-0.15, -0.1) is 0 Å². The second kappa shape index (κ2) is 6.47. The van der Waals surface area contributed by atoms with Crippen molar-refractivity contribution in [3.05, 3.63) is 40.8 Å². The van der Waals surface area contributed by atoms with E-state index in [-0.39, 0.29) is 11.8 Å². The molecule has 0 atom stereocenters. The molecule has 0 aromatic carbocycles. The highest BCUT2D eigenvalue weighted by atomic mass is 16.5. The van der Waals surface area contributed by atoms with Gasteiger partial charge in [-0.3, -0.25) is 9.78 Å². The molecule has 112 valence electrons. The van der Waals surface area contributed by atoms with E-state index in [2.05, 4.69) is 20.4 Å². The van der Waals surface area contributed by atoms with Gasteiger partial charge in [0, 0.05) is 35.8 Å². The first kappa shape index (κ1) is 15.2. The minimum absolute atomic E-state index is 0.115. The zero-order chi connectivity index (χ0) is 15.4. The standard InChI is InChI=1S/C15H20N4O2/c1-9(2)15-18-13(19-21-15)5-6-16-14(20)12-7-10(3)17-11(4)8-12/h7-9H,5-6H2,1-4H3,(H,16,20).